The molecule has 3 N–H and O–H groups in total. The maximum Gasteiger partial charge on any atom is 0.278 e. The fourth-order valence-electron chi connectivity index (χ4n) is 1.97. The van der Waals surface area contributed by atoms with Gasteiger partial charge in [-0.1, -0.05) is 0 Å². The largest absolute Gasteiger partial charge is 0.329 e. The Morgan fingerprint density at radius 1 is 1.36 bits per heavy atom. The number of nitro benzene ring substituents is 1. The highest BCUT2D eigenvalue weighted by atomic mass is 32.2. The Balaban J connectivity index is 2.68. The third kappa shape index (κ3) is 3.06. The van der Waals surface area contributed by atoms with Crippen LogP contribution in [0.3, 0.4) is 0 Å². The first kappa shape index (κ1) is 16.3. The molecule has 2 rings (SSSR count). The third-order valence-corrected chi connectivity index (χ3v) is 4.85. The molecular formula is C13H16N4O4S. The van der Waals surface area contributed by atoms with Gasteiger partial charge in [0, 0.05) is 24.3 Å². The Kier molecular flexibility index (Phi) is 4.14. The molecular weight excluding hydrogens is 308 g/mol. The van der Waals surface area contributed by atoms with Crippen molar-refractivity contribution in [2.75, 3.05) is 6.54 Å². The Labute approximate surface area is 127 Å². The first-order valence-corrected chi connectivity index (χ1v) is 7.92. The van der Waals surface area contributed by atoms with Crippen LogP contribution in [0.5, 0.6) is 0 Å². The minimum atomic E-state index is -3.91. The van der Waals surface area contributed by atoms with Gasteiger partial charge in [-0.3, -0.25) is 15.1 Å². The van der Waals surface area contributed by atoms with E-state index in [1.807, 2.05) is 0 Å². The Morgan fingerprint density at radius 2 is 2.05 bits per heavy atom. The first-order chi connectivity index (χ1) is 10.2. The van der Waals surface area contributed by atoms with Crippen LogP contribution in [0, 0.1) is 10.1 Å². The number of non-ortho nitro benzene ring substituents is 1. The molecule has 0 fully saturated rings. The zero-order valence-electron chi connectivity index (χ0n) is 12.1. The van der Waals surface area contributed by atoms with Gasteiger partial charge in [-0.2, -0.15) is 0 Å². The van der Waals surface area contributed by atoms with E-state index in [4.69, 9.17) is 5.73 Å². The summed E-state index contributed by atoms with van der Waals surface area (Å²) in [5.41, 5.74) is 4.55. The summed E-state index contributed by atoms with van der Waals surface area (Å²) in [4.78, 5) is 14.4. The monoisotopic (exact) mass is 324 g/mol. The standard InChI is InChI=1S/C13H16N4O4S/c1-13(2,8-14)16-22(20,21)11-6-5-10(17(18)19)9-4-3-7-15-12(9)11/h3-7,16H,8,14H2,1-2H3. The number of hydrogen-bond acceptors (Lipinski definition) is 6. The second-order valence-corrected chi connectivity index (χ2v) is 7.08. The van der Waals surface area contributed by atoms with Crippen molar-refractivity contribution in [1.82, 2.24) is 9.71 Å². The van der Waals surface area contributed by atoms with Crippen LogP contribution in [0.1, 0.15) is 13.8 Å². The smallest absolute Gasteiger partial charge is 0.278 e. The number of nitrogens with zero attached hydrogens (tertiary/aromatic N) is 2. The number of benzene rings is 1. The first-order valence-electron chi connectivity index (χ1n) is 6.44. The van der Waals surface area contributed by atoms with Crippen LogP contribution >= 0.6 is 0 Å². The second kappa shape index (κ2) is 5.59. The summed E-state index contributed by atoms with van der Waals surface area (Å²) in [5, 5.41) is 11.2. The summed E-state index contributed by atoms with van der Waals surface area (Å²) in [5.74, 6) is 0. The molecule has 0 atom stereocenters. The van der Waals surface area contributed by atoms with Gasteiger partial charge in [0.2, 0.25) is 10.0 Å². The molecule has 0 unspecified atom stereocenters. The van der Waals surface area contributed by atoms with Crippen molar-refractivity contribution >= 4 is 26.6 Å². The highest BCUT2D eigenvalue weighted by Gasteiger charge is 2.28. The highest BCUT2D eigenvalue weighted by molar-refractivity contribution is 7.89. The minimum absolute atomic E-state index is 0.0528. The number of sulfonamides is 1. The second-order valence-electron chi connectivity index (χ2n) is 5.43. The van der Waals surface area contributed by atoms with E-state index in [0.29, 0.717) is 0 Å². The predicted octanol–water partition coefficient (Wildman–Crippen LogP) is 1.16. The van der Waals surface area contributed by atoms with E-state index in [0.717, 1.165) is 6.07 Å². The lowest BCUT2D eigenvalue weighted by Crippen LogP contribution is -2.48. The van der Waals surface area contributed by atoms with E-state index in [1.165, 1.54) is 24.4 Å². The lowest BCUT2D eigenvalue weighted by Gasteiger charge is -2.24. The van der Waals surface area contributed by atoms with Gasteiger partial charge in [0.15, 0.2) is 0 Å². The average Bonchev–Trinajstić information content (AvgIpc) is 2.44. The molecule has 0 spiro atoms. The molecule has 1 heterocycles. The Morgan fingerprint density at radius 3 is 2.64 bits per heavy atom. The van der Waals surface area contributed by atoms with Crippen molar-refractivity contribution in [2.45, 2.75) is 24.3 Å². The molecule has 22 heavy (non-hydrogen) atoms. The topological polar surface area (TPSA) is 128 Å². The molecule has 1 aromatic carbocycles. The zero-order chi connectivity index (χ0) is 16.5. The number of nitrogens with one attached hydrogen (secondary N) is 1. The zero-order valence-corrected chi connectivity index (χ0v) is 12.9. The van der Waals surface area contributed by atoms with Gasteiger partial charge in [0.1, 0.15) is 4.90 Å². The number of aromatic nitrogens is 1. The quantitative estimate of drug-likeness (QED) is 0.627. The van der Waals surface area contributed by atoms with Gasteiger partial charge < -0.3 is 5.73 Å². The summed E-state index contributed by atoms with van der Waals surface area (Å²) in [6.45, 7) is 3.39. The SMILES string of the molecule is CC(C)(CN)NS(=O)(=O)c1ccc([N+](=O)[O-])c2cccnc12. The van der Waals surface area contributed by atoms with Crippen LogP contribution in [0.4, 0.5) is 5.69 Å². The van der Waals surface area contributed by atoms with Crippen LogP contribution in [0.15, 0.2) is 35.4 Å². The molecule has 0 radical (unpaired) electrons. The number of nitrogens with two attached hydrogens (primary N) is 1. The van der Waals surface area contributed by atoms with E-state index >= 15 is 0 Å². The fourth-order valence-corrected chi connectivity index (χ4v) is 3.55. The maximum absolute atomic E-state index is 12.5. The summed E-state index contributed by atoms with van der Waals surface area (Å²) in [7, 11) is -3.91. The van der Waals surface area contributed by atoms with Gasteiger partial charge >= 0.3 is 0 Å². The molecule has 118 valence electrons. The van der Waals surface area contributed by atoms with E-state index < -0.39 is 20.5 Å². The predicted molar refractivity (Wildman–Crippen MR) is 81.9 cm³/mol. The number of fused-ring (bicyclic) bond motifs is 1. The van der Waals surface area contributed by atoms with Crippen molar-refractivity contribution in [3.8, 4) is 0 Å². The molecule has 0 aliphatic heterocycles. The third-order valence-electron chi connectivity index (χ3n) is 3.12. The van der Waals surface area contributed by atoms with Crippen LogP contribution in [-0.4, -0.2) is 30.4 Å². The molecule has 9 heteroatoms. The lowest BCUT2D eigenvalue weighted by atomic mass is 10.1. The molecule has 0 aliphatic rings. The summed E-state index contributed by atoms with van der Waals surface area (Å²) < 4.78 is 27.5. The maximum atomic E-state index is 12.5. The molecule has 0 amide bonds. The Hall–Kier alpha value is -2.10. The summed E-state index contributed by atoms with van der Waals surface area (Å²) in [6.07, 6.45) is 1.39. The van der Waals surface area contributed by atoms with Crippen molar-refractivity contribution in [3.63, 3.8) is 0 Å². The summed E-state index contributed by atoms with van der Waals surface area (Å²) >= 11 is 0. The number of rotatable bonds is 5. The molecule has 2 aromatic rings. The van der Waals surface area contributed by atoms with Gasteiger partial charge in [0.05, 0.1) is 15.8 Å². The normalized spacial score (nSPS) is 12.5. The molecule has 0 bridgehead atoms. The van der Waals surface area contributed by atoms with Crippen LogP contribution in [0.25, 0.3) is 10.9 Å². The summed E-state index contributed by atoms with van der Waals surface area (Å²) in [6, 6.07) is 5.33. The van der Waals surface area contributed by atoms with Crippen LogP contribution in [-0.2, 0) is 10.0 Å². The van der Waals surface area contributed by atoms with E-state index in [9.17, 15) is 18.5 Å². The van der Waals surface area contributed by atoms with Crippen molar-refractivity contribution in [1.29, 1.82) is 0 Å². The molecule has 8 nitrogen and oxygen atoms in total. The average molecular weight is 324 g/mol. The molecule has 1 aromatic heterocycles. The van der Waals surface area contributed by atoms with Crippen LogP contribution in [0.2, 0.25) is 0 Å². The number of pyridine rings is 1. The van der Waals surface area contributed by atoms with Crippen molar-refractivity contribution in [2.24, 2.45) is 5.73 Å². The number of hydrogen-bond donors (Lipinski definition) is 2. The van der Waals surface area contributed by atoms with Gasteiger partial charge in [-0.25, -0.2) is 13.1 Å². The van der Waals surface area contributed by atoms with Crippen LogP contribution < -0.4 is 10.5 Å². The molecule has 0 saturated carbocycles. The number of nitro groups is 1. The fraction of sp³-hybridized carbons (Fsp3) is 0.308. The molecule has 0 saturated heterocycles. The minimum Gasteiger partial charge on any atom is -0.329 e. The Bertz CT molecular complexity index is 833. The van der Waals surface area contributed by atoms with Crippen molar-refractivity contribution < 1.29 is 13.3 Å². The van der Waals surface area contributed by atoms with Crippen molar-refractivity contribution in [3.05, 3.63) is 40.6 Å². The highest BCUT2D eigenvalue weighted by Crippen LogP contribution is 2.29. The van der Waals surface area contributed by atoms with E-state index in [1.54, 1.807) is 13.8 Å². The van der Waals surface area contributed by atoms with E-state index in [2.05, 4.69) is 9.71 Å². The molecule has 0 aliphatic carbocycles. The van der Waals surface area contributed by atoms with Gasteiger partial charge in [-0.15, -0.1) is 0 Å². The van der Waals surface area contributed by atoms with Gasteiger partial charge in [-0.05, 0) is 32.0 Å². The van der Waals surface area contributed by atoms with Gasteiger partial charge in [0.25, 0.3) is 5.69 Å². The van der Waals surface area contributed by atoms with E-state index in [-0.39, 0.29) is 28.0 Å². The lowest BCUT2D eigenvalue weighted by molar-refractivity contribution is -0.383.